The summed E-state index contributed by atoms with van der Waals surface area (Å²) < 4.78 is 10.5. The maximum atomic E-state index is 11.9. The Kier molecular flexibility index (Phi) is 6.49. The Morgan fingerprint density at radius 2 is 1.83 bits per heavy atom. The van der Waals surface area contributed by atoms with Crippen molar-refractivity contribution in [3.63, 3.8) is 0 Å². The van der Waals surface area contributed by atoms with Gasteiger partial charge in [-0.25, -0.2) is 0 Å². The fourth-order valence-electron chi connectivity index (χ4n) is 2.38. The number of hydrogen-bond acceptors (Lipinski definition) is 4. The van der Waals surface area contributed by atoms with Crippen molar-refractivity contribution < 1.29 is 14.3 Å². The van der Waals surface area contributed by atoms with E-state index in [-0.39, 0.29) is 5.91 Å². The maximum absolute atomic E-state index is 11.9. The molecule has 0 fully saturated rings. The summed E-state index contributed by atoms with van der Waals surface area (Å²) in [5.41, 5.74) is 3.19. The molecule has 0 radical (unpaired) electrons. The number of rotatable bonds is 8. The van der Waals surface area contributed by atoms with Gasteiger partial charge in [-0.15, -0.1) is 0 Å². The first kappa shape index (κ1) is 17.7. The number of anilines is 1. The standard InChI is InChI=1S/C19H24N2O3/c1-14-5-4-6-15(11-14)13-21-19(22)9-10-20-16-7-8-17(23-2)18(12-16)24-3/h4-8,11-12,20H,9-10,13H2,1-3H3,(H,21,22). The van der Waals surface area contributed by atoms with Crippen LogP contribution in [0.1, 0.15) is 17.5 Å². The van der Waals surface area contributed by atoms with Crippen LogP contribution in [-0.4, -0.2) is 26.7 Å². The van der Waals surface area contributed by atoms with Crippen LogP contribution in [0, 0.1) is 6.92 Å². The second-order valence-corrected chi connectivity index (χ2v) is 5.51. The molecular weight excluding hydrogens is 304 g/mol. The number of hydrogen-bond donors (Lipinski definition) is 2. The molecule has 5 heteroatoms. The van der Waals surface area contributed by atoms with Gasteiger partial charge < -0.3 is 20.1 Å². The monoisotopic (exact) mass is 328 g/mol. The smallest absolute Gasteiger partial charge is 0.222 e. The first-order valence-electron chi connectivity index (χ1n) is 7.90. The summed E-state index contributed by atoms with van der Waals surface area (Å²) in [6.45, 7) is 3.14. The van der Waals surface area contributed by atoms with Gasteiger partial charge in [0.15, 0.2) is 11.5 Å². The van der Waals surface area contributed by atoms with Crippen LogP contribution >= 0.6 is 0 Å². The van der Waals surface area contributed by atoms with Crippen molar-refractivity contribution in [1.29, 1.82) is 0 Å². The average molecular weight is 328 g/mol. The zero-order valence-corrected chi connectivity index (χ0v) is 14.4. The topological polar surface area (TPSA) is 59.6 Å². The van der Waals surface area contributed by atoms with Gasteiger partial charge in [-0.2, -0.15) is 0 Å². The number of amides is 1. The highest BCUT2D eigenvalue weighted by molar-refractivity contribution is 5.76. The highest BCUT2D eigenvalue weighted by Gasteiger charge is 2.05. The fraction of sp³-hybridized carbons (Fsp3) is 0.316. The number of carbonyl (C=O) groups excluding carboxylic acids is 1. The zero-order valence-electron chi connectivity index (χ0n) is 14.4. The number of ether oxygens (including phenoxy) is 2. The Bertz CT molecular complexity index is 686. The van der Waals surface area contributed by atoms with Crippen molar-refractivity contribution in [2.45, 2.75) is 19.9 Å². The van der Waals surface area contributed by atoms with E-state index in [1.54, 1.807) is 14.2 Å². The molecule has 0 aliphatic heterocycles. The van der Waals surface area contributed by atoms with Crippen molar-refractivity contribution in [3.8, 4) is 11.5 Å². The Hall–Kier alpha value is -2.69. The van der Waals surface area contributed by atoms with E-state index in [0.29, 0.717) is 31.0 Å². The van der Waals surface area contributed by atoms with Crippen molar-refractivity contribution in [3.05, 3.63) is 53.6 Å². The SMILES string of the molecule is COc1ccc(NCCC(=O)NCc2cccc(C)c2)cc1OC. The van der Waals surface area contributed by atoms with Crippen LogP contribution < -0.4 is 20.1 Å². The molecule has 0 saturated carbocycles. The molecule has 128 valence electrons. The van der Waals surface area contributed by atoms with Gasteiger partial charge in [0.05, 0.1) is 14.2 Å². The highest BCUT2D eigenvalue weighted by Crippen LogP contribution is 2.29. The minimum Gasteiger partial charge on any atom is -0.493 e. The summed E-state index contributed by atoms with van der Waals surface area (Å²) in [4.78, 5) is 11.9. The molecule has 1 amide bonds. The molecule has 0 aliphatic carbocycles. The van der Waals surface area contributed by atoms with E-state index in [9.17, 15) is 4.79 Å². The van der Waals surface area contributed by atoms with Gasteiger partial charge in [0.2, 0.25) is 5.91 Å². The van der Waals surface area contributed by atoms with Gasteiger partial charge >= 0.3 is 0 Å². The van der Waals surface area contributed by atoms with Crippen molar-refractivity contribution in [2.75, 3.05) is 26.1 Å². The van der Waals surface area contributed by atoms with Gasteiger partial charge in [-0.1, -0.05) is 29.8 Å². The molecule has 2 aromatic carbocycles. The molecule has 2 rings (SSSR count). The van der Waals surface area contributed by atoms with Gasteiger partial charge in [0.25, 0.3) is 0 Å². The van der Waals surface area contributed by atoms with E-state index in [1.165, 1.54) is 5.56 Å². The van der Waals surface area contributed by atoms with Gasteiger partial charge in [0, 0.05) is 31.3 Å². The van der Waals surface area contributed by atoms with Crippen LogP contribution in [-0.2, 0) is 11.3 Å². The molecule has 0 heterocycles. The van der Waals surface area contributed by atoms with E-state index in [0.717, 1.165) is 11.3 Å². The third kappa shape index (κ3) is 5.19. The molecule has 2 aromatic rings. The van der Waals surface area contributed by atoms with E-state index < -0.39 is 0 Å². The van der Waals surface area contributed by atoms with Gasteiger partial charge in [-0.05, 0) is 24.6 Å². The molecule has 24 heavy (non-hydrogen) atoms. The molecule has 0 bridgehead atoms. The summed E-state index contributed by atoms with van der Waals surface area (Å²) >= 11 is 0. The van der Waals surface area contributed by atoms with Crippen LogP contribution in [0.2, 0.25) is 0 Å². The molecule has 5 nitrogen and oxygen atoms in total. The van der Waals surface area contributed by atoms with Crippen LogP contribution in [0.5, 0.6) is 11.5 Å². The molecule has 0 saturated heterocycles. The zero-order chi connectivity index (χ0) is 17.4. The molecule has 2 N–H and O–H groups in total. The number of methoxy groups -OCH3 is 2. The normalized spacial score (nSPS) is 10.1. The van der Waals surface area contributed by atoms with Crippen molar-refractivity contribution in [2.24, 2.45) is 0 Å². The van der Waals surface area contributed by atoms with Crippen LogP contribution in [0.4, 0.5) is 5.69 Å². The number of nitrogens with one attached hydrogen (secondary N) is 2. The second kappa shape index (κ2) is 8.82. The predicted octanol–water partition coefficient (Wildman–Crippen LogP) is 3.13. The molecular formula is C19H24N2O3. The quantitative estimate of drug-likeness (QED) is 0.781. The van der Waals surface area contributed by atoms with E-state index >= 15 is 0 Å². The number of benzene rings is 2. The first-order valence-corrected chi connectivity index (χ1v) is 7.90. The lowest BCUT2D eigenvalue weighted by atomic mass is 10.1. The fourth-order valence-corrected chi connectivity index (χ4v) is 2.38. The number of aryl methyl sites for hydroxylation is 1. The summed E-state index contributed by atoms with van der Waals surface area (Å²) in [5, 5.41) is 6.14. The molecule has 0 aromatic heterocycles. The molecule has 0 aliphatic rings. The van der Waals surface area contributed by atoms with Crippen molar-refractivity contribution >= 4 is 11.6 Å². The summed E-state index contributed by atoms with van der Waals surface area (Å²) in [7, 11) is 3.20. The van der Waals surface area contributed by atoms with Gasteiger partial charge in [-0.3, -0.25) is 4.79 Å². The molecule has 0 unspecified atom stereocenters. The summed E-state index contributed by atoms with van der Waals surface area (Å²) in [5.74, 6) is 1.36. The summed E-state index contributed by atoms with van der Waals surface area (Å²) in [6.07, 6.45) is 0.403. The first-order chi connectivity index (χ1) is 11.6. The van der Waals surface area contributed by atoms with E-state index in [1.807, 2.05) is 43.3 Å². The third-order valence-corrected chi connectivity index (χ3v) is 3.64. The van der Waals surface area contributed by atoms with Crippen LogP contribution in [0.3, 0.4) is 0 Å². The largest absolute Gasteiger partial charge is 0.493 e. The van der Waals surface area contributed by atoms with Gasteiger partial charge in [0.1, 0.15) is 0 Å². The van der Waals surface area contributed by atoms with E-state index in [2.05, 4.69) is 16.7 Å². The predicted molar refractivity (Wildman–Crippen MR) is 95.7 cm³/mol. The lowest BCUT2D eigenvalue weighted by Crippen LogP contribution is -2.24. The lowest BCUT2D eigenvalue weighted by molar-refractivity contribution is -0.121. The Labute approximate surface area is 143 Å². The average Bonchev–Trinajstić information content (AvgIpc) is 2.60. The number of carbonyl (C=O) groups is 1. The van der Waals surface area contributed by atoms with E-state index in [4.69, 9.17) is 9.47 Å². The Morgan fingerprint density at radius 1 is 1.04 bits per heavy atom. The Morgan fingerprint density at radius 3 is 2.54 bits per heavy atom. The van der Waals surface area contributed by atoms with Crippen LogP contribution in [0.15, 0.2) is 42.5 Å². The van der Waals surface area contributed by atoms with Crippen molar-refractivity contribution in [1.82, 2.24) is 5.32 Å². The second-order valence-electron chi connectivity index (χ2n) is 5.51. The molecule has 0 atom stereocenters. The third-order valence-electron chi connectivity index (χ3n) is 3.64. The Balaban J connectivity index is 1.76. The summed E-state index contributed by atoms with van der Waals surface area (Å²) in [6, 6.07) is 13.7. The maximum Gasteiger partial charge on any atom is 0.222 e. The minimum atomic E-state index is 0.0180. The minimum absolute atomic E-state index is 0.0180. The van der Waals surface area contributed by atoms with Crippen LogP contribution in [0.25, 0.3) is 0 Å². The highest BCUT2D eigenvalue weighted by atomic mass is 16.5. The molecule has 0 spiro atoms. The lowest BCUT2D eigenvalue weighted by Gasteiger charge is -2.11.